The van der Waals surface area contributed by atoms with Gasteiger partial charge in [-0.3, -0.25) is 9.52 Å². The molecule has 174 valence electrons. The average molecular weight is 492 g/mol. The van der Waals surface area contributed by atoms with E-state index in [1.54, 1.807) is 12.1 Å². The second-order valence-electron chi connectivity index (χ2n) is 8.85. The van der Waals surface area contributed by atoms with Crippen molar-refractivity contribution in [3.05, 3.63) is 59.1 Å². The number of rotatable bonds is 5. The molecule has 1 atom stereocenters. The van der Waals surface area contributed by atoms with Gasteiger partial charge in [-0.1, -0.05) is 44.5 Å². The van der Waals surface area contributed by atoms with E-state index < -0.39 is 21.9 Å². The SMILES string of the molecule is CC(C)(C)c1ccc(S(=O)(=O)Nc2cc(F)c(Cl)cc2-c2nncn2[C@H]2CCNC2=O)cc1. The van der Waals surface area contributed by atoms with E-state index in [0.717, 1.165) is 11.6 Å². The maximum atomic E-state index is 14.4. The average Bonchev–Trinajstić information content (AvgIpc) is 3.38. The summed E-state index contributed by atoms with van der Waals surface area (Å²) in [5.41, 5.74) is 0.972. The summed E-state index contributed by atoms with van der Waals surface area (Å²) in [6.07, 6.45) is 1.89. The van der Waals surface area contributed by atoms with Crippen LogP contribution < -0.4 is 10.0 Å². The van der Waals surface area contributed by atoms with Gasteiger partial charge in [-0.2, -0.15) is 0 Å². The predicted octanol–water partition coefficient (Wildman–Crippen LogP) is 3.90. The van der Waals surface area contributed by atoms with E-state index in [0.29, 0.717) is 13.0 Å². The fraction of sp³-hybridized carbons (Fsp3) is 0.318. The number of hydrogen-bond donors (Lipinski definition) is 2. The van der Waals surface area contributed by atoms with Crippen LogP contribution in [-0.2, 0) is 20.2 Å². The molecule has 8 nitrogen and oxygen atoms in total. The number of anilines is 1. The molecule has 0 unspecified atom stereocenters. The lowest BCUT2D eigenvalue weighted by molar-refractivity contribution is -0.121. The fourth-order valence-corrected chi connectivity index (χ4v) is 4.90. The largest absolute Gasteiger partial charge is 0.354 e. The smallest absolute Gasteiger partial charge is 0.261 e. The van der Waals surface area contributed by atoms with Gasteiger partial charge >= 0.3 is 0 Å². The van der Waals surface area contributed by atoms with E-state index in [-0.39, 0.29) is 38.3 Å². The van der Waals surface area contributed by atoms with Gasteiger partial charge in [0.1, 0.15) is 18.2 Å². The minimum absolute atomic E-state index is 0.0217. The second kappa shape index (κ2) is 8.42. The highest BCUT2D eigenvalue weighted by molar-refractivity contribution is 7.92. The Morgan fingerprint density at radius 3 is 2.52 bits per heavy atom. The molecule has 33 heavy (non-hydrogen) atoms. The Hall–Kier alpha value is -2.98. The maximum absolute atomic E-state index is 14.4. The number of carbonyl (C=O) groups excluding carboxylic acids is 1. The molecule has 1 aliphatic heterocycles. The number of sulfonamides is 1. The standard InChI is InChI=1S/C22H23ClFN5O3S/c1-22(2,3)13-4-6-14(7-5-13)33(31,32)28-18-11-17(24)16(23)10-15(18)20-27-26-12-29(20)19-8-9-25-21(19)30/h4-7,10-12,19,28H,8-9H2,1-3H3,(H,25,30)/t19-/m0/s1. The van der Waals surface area contributed by atoms with E-state index in [1.807, 2.05) is 20.8 Å². The highest BCUT2D eigenvalue weighted by Gasteiger charge is 2.30. The normalized spacial score (nSPS) is 16.6. The third-order valence-electron chi connectivity index (χ3n) is 5.50. The molecule has 1 aromatic heterocycles. The highest BCUT2D eigenvalue weighted by atomic mass is 35.5. The highest BCUT2D eigenvalue weighted by Crippen LogP contribution is 2.35. The zero-order valence-corrected chi connectivity index (χ0v) is 19.8. The Morgan fingerprint density at radius 1 is 1.21 bits per heavy atom. The Labute approximate surface area is 196 Å². The van der Waals surface area contributed by atoms with Gasteiger partial charge in [0.2, 0.25) is 5.91 Å². The number of nitrogens with one attached hydrogen (secondary N) is 2. The molecule has 0 bridgehead atoms. The van der Waals surface area contributed by atoms with E-state index in [2.05, 4.69) is 20.2 Å². The van der Waals surface area contributed by atoms with Crippen LogP contribution in [0.1, 0.15) is 38.8 Å². The molecule has 2 aromatic carbocycles. The molecule has 1 aliphatic rings. The summed E-state index contributed by atoms with van der Waals surface area (Å²) < 4.78 is 44.5. The summed E-state index contributed by atoms with van der Waals surface area (Å²) in [5, 5.41) is 10.5. The van der Waals surface area contributed by atoms with Crippen LogP contribution in [0.5, 0.6) is 0 Å². The molecule has 1 amide bonds. The molecule has 4 rings (SSSR count). The molecule has 1 saturated heterocycles. The number of halogens is 2. The summed E-state index contributed by atoms with van der Waals surface area (Å²) in [7, 11) is -4.06. The van der Waals surface area contributed by atoms with Crippen LogP contribution in [0, 0.1) is 5.82 Å². The van der Waals surface area contributed by atoms with Crippen molar-refractivity contribution in [3.8, 4) is 11.4 Å². The van der Waals surface area contributed by atoms with Gasteiger partial charge in [-0.15, -0.1) is 10.2 Å². The van der Waals surface area contributed by atoms with Crippen LogP contribution in [0.4, 0.5) is 10.1 Å². The number of aromatic nitrogens is 3. The van der Waals surface area contributed by atoms with E-state index in [4.69, 9.17) is 11.6 Å². The number of hydrogen-bond acceptors (Lipinski definition) is 5. The molecule has 1 fully saturated rings. The zero-order valence-electron chi connectivity index (χ0n) is 18.3. The Kier molecular flexibility index (Phi) is 5.92. The minimum atomic E-state index is -4.06. The van der Waals surface area contributed by atoms with Gasteiger partial charge in [0.25, 0.3) is 10.0 Å². The summed E-state index contributed by atoms with van der Waals surface area (Å²) in [6.45, 7) is 6.57. The Bertz CT molecular complexity index is 1320. The first-order valence-corrected chi connectivity index (χ1v) is 12.1. The van der Waals surface area contributed by atoms with Crippen LogP contribution in [0.3, 0.4) is 0 Å². The lowest BCUT2D eigenvalue weighted by atomic mass is 9.87. The summed E-state index contributed by atoms with van der Waals surface area (Å²) in [6, 6.07) is 8.19. The minimum Gasteiger partial charge on any atom is -0.354 e. The lowest BCUT2D eigenvalue weighted by Crippen LogP contribution is -2.22. The molecular formula is C22H23ClFN5O3S. The molecule has 11 heteroatoms. The van der Waals surface area contributed by atoms with E-state index >= 15 is 0 Å². The third-order valence-corrected chi connectivity index (χ3v) is 7.18. The van der Waals surface area contributed by atoms with E-state index in [9.17, 15) is 17.6 Å². The first-order chi connectivity index (χ1) is 15.5. The molecular weight excluding hydrogens is 469 g/mol. The molecule has 2 heterocycles. The van der Waals surface area contributed by atoms with Crippen molar-refractivity contribution in [2.45, 2.75) is 43.5 Å². The topological polar surface area (TPSA) is 106 Å². The number of benzene rings is 2. The third kappa shape index (κ3) is 4.58. The van der Waals surface area contributed by atoms with Crippen LogP contribution in [0.25, 0.3) is 11.4 Å². The lowest BCUT2D eigenvalue weighted by Gasteiger charge is -2.19. The fourth-order valence-electron chi connectivity index (χ4n) is 3.66. The van der Waals surface area contributed by atoms with Gasteiger partial charge in [0, 0.05) is 18.2 Å². The van der Waals surface area contributed by atoms with Crippen molar-refractivity contribution in [2.24, 2.45) is 0 Å². The van der Waals surface area contributed by atoms with Crippen LogP contribution in [0.2, 0.25) is 5.02 Å². The molecule has 3 aromatic rings. The number of nitrogens with zero attached hydrogens (tertiary/aromatic N) is 3. The van der Waals surface area contributed by atoms with Crippen LogP contribution in [-0.4, -0.2) is 35.6 Å². The molecule has 0 spiro atoms. The van der Waals surface area contributed by atoms with Gasteiger partial charge in [-0.05, 0) is 35.6 Å². The first kappa shape index (κ1) is 23.2. The monoisotopic (exact) mass is 491 g/mol. The molecule has 0 saturated carbocycles. The van der Waals surface area contributed by atoms with Crippen LogP contribution >= 0.6 is 11.6 Å². The second-order valence-corrected chi connectivity index (χ2v) is 10.9. The molecule has 2 N–H and O–H groups in total. The van der Waals surface area contributed by atoms with Crippen molar-refractivity contribution >= 4 is 33.2 Å². The first-order valence-electron chi connectivity index (χ1n) is 10.3. The quantitative estimate of drug-likeness (QED) is 0.563. The van der Waals surface area contributed by atoms with Gasteiger partial charge in [0.05, 0.1) is 15.6 Å². The van der Waals surface area contributed by atoms with Gasteiger partial charge in [0.15, 0.2) is 5.82 Å². The van der Waals surface area contributed by atoms with Crippen molar-refractivity contribution in [1.82, 2.24) is 20.1 Å². The van der Waals surface area contributed by atoms with Crippen molar-refractivity contribution in [3.63, 3.8) is 0 Å². The number of carbonyl (C=O) groups is 1. The number of amides is 1. The molecule has 0 aliphatic carbocycles. The Morgan fingerprint density at radius 2 is 1.91 bits per heavy atom. The zero-order chi connectivity index (χ0) is 24.0. The summed E-state index contributed by atoms with van der Waals surface area (Å²) in [4.78, 5) is 12.2. The van der Waals surface area contributed by atoms with E-state index in [1.165, 1.54) is 29.1 Å². The summed E-state index contributed by atoms with van der Waals surface area (Å²) >= 11 is 6.00. The van der Waals surface area contributed by atoms with Crippen molar-refractivity contribution < 1.29 is 17.6 Å². The van der Waals surface area contributed by atoms with Gasteiger partial charge in [-0.25, -0.2) is 12.8 Å². The summed E-state index contributed by atoms with van der Waals surface area (Å²) in [5.74, 6) is -0.809. The molecule has 0 radical (unpaired) electrons. The maximum Gasteiger partial charge on any atom is 0.261 e. The predicted molar refractivity (Wildman–Crippen MR) is 123 cm³/mol. The Balaban J connectivity index is 1.75. The van der Waals surface area contributed by atoms with Crippen LogP contribution in [0.15, 0.2) is 47.6 Å². The van der Waals surface area contributed by atoms with Gasteiger partial charge < -0.3 is 9.88 Å². The van der Waals surface area contributed by atoms with Crippen molar-refractivity contribution in [1.29, 1.82) is 0 Å². The van der Waals surface area contributed by atoms with Crippen molar-refractivity contribution in [2.75, 3.05) is 11.3 Å².